The van der Waals surface area contributed by atoms with Crippen LogP contribution >= 0.6 is 22.9 Å². The van der Waals surface area contributed by atoms with Crippen LogP contribution in [0.1, 0.15) is 23.1 Å². The highest BCUT2D eigenvalue weighted by Gasteiger charge is 2.16. The molecule has 0 aliphatic carbocycles. The van der Waals surface area contributed by atoms with Gasteiger partial charge in [0.15, 0.2) is 0 Å². The molecule has 0 aliphatic rings. The van der Waals surface area contributed by atoms with E-state index >= 15 is 0 Å². The fourth-order valence-corrected chi connectivity index (χ4v) is 3.58. The number of rotatable bonds is 4. The Morgan fingerprint density at radius 3 is 2.74 bits per heavy atom. The van der Waals surface area contributed by atoms with Crippen molar-refractivity contribution in [2.75, 3.05) is 0 Å². The molecule has 4 nitrogen and oxygen atoms in total. The minimum absolute atomic E-state index is 0.00806. The van der Waals surface area contributed by atoms with Gasteiger partial charge in [-0.15, -0.1) is 11.3 Å². The molecule has 0 aliphatic heterocycles. The van der Waals surface area contributed by atoms with E-state index in [4.69, 9.17) is 16.6 Å². The summed E-state index contributed by atoms with van der Waals surface area (Å²) in [6.07, 6.45) is 2.50. The van der Waals surface area contributed by atoms with Crippen LogP contribution in [0.5, 0.6) is 0 Å². The number of hydrogen-bond acceptors (Lipinski definition) is 5. The topological polar surface area (TPSA) is 58.9 Å². The third-order valence-corrected chi connectivity index (χ3v) is 4.83. The lowest BCUT2D eigenvalue weighted by atomic mass is 10.0. The first kappa shape index (κ1) is 16.1. The largest absolute Gasteiger partial charge is 0.392 e. The Bertz CT molecular complexity index is 848. The zero-order valence-electron chi connectivity index (χ0n) is 12.9. The van der Waals surface area contributed by atoms with E-state index in [9.17, 15) is 5.11 Å². The van der Waals surface area contributed by atoms with Crippen molar-refractivity contribution < 1.29 is 5.11 Å². The second-order valence-electron chi connectivity index (χ2n) is 5.22. The fourth-order valence-electron chi connectivity index (χ4n) is 2.44. The molecule has 1 N–H and O–H groups in total. The Morgan fingerprint density at radius 2 is 2.04 bits per heavy atom. The first-order valence-corrected chi connectivity index (χ1v) is 8.50. The minimum Gasteiger partial charge on any atom is -0.392 e. The van der Waals surface area contributed by atoms with Crippen LogP contribution in [0.15, 0.2) is 30.5 Å². The normalized spacial score (nSPS) is 11.0. The van der Waals surface area contributed by atoms with Crippen molar-refractivity contribution in [2.24, 2.45) is 0 Å². The SMILES string of the molecule is CCc1nc(-c2cc(C)cc(CO)c2)c(-c2ccnc(Cl)n2)s1. The van der Waals surface area contributed by atoms with Crippen LogP contribution in [-0.4, -0.2) is 20.1 Å². The van der Waals surface area contributed by atoms with E-state index in [1.807, 2.05) is 25.1 Å². The molecule has 3 aromatic rings. The van der Waals surface area contributed by atoms with Crippen molar-refractivity contribution >= 4 is 22.9 Å². The fraction of sp³-hybridized carbons (Fsp3) is 0.235. The second kappa shape index (κ2) is 6.74. The first-order valence-electron chi connectivity index (χ1n) is 7.31. The first-order chi connectivity index (χ1) is 11.1. The molecule has 118 valence electrons. The number of aliphatic hydroxyl groups excluding tert-OH is 1. The van der Waals surface area contributed by atoms with Crippen LogP contribution in [0, 0.1) is 6.92 Å². The van der Waals surface area contributed by atoms with Crippen LogP contribution in [0.3, 0.4) is 0 Å². The zero-order chi connectivity index (χ0) is 16.4. The highest BCUT2D eigenvalue weighted by molar-refractivity contribution is 7.15. The summed E-state index contributed by atoms with van der Waals surface area (Å²) in [5.41, 5.74) is 4.58. The van der Waals surface area contributed by atoms with Crippen molar-refractivity contribution in [3.63, 3.8) is 0 Å². The lowest BCUT2D eigenvalue weighted by molar-refractivity contribution is 0.282. The highest BCUT2D eigenvalue weighted by atomic mass is 35.5. The third-order valence-electron chi connectivity index (χ3n) is 3.43. The average Bonchev–Trinajstić information content (AvgIpc) is 2.98. The molecule has 0 radical (unpaired) electrons. The number of nitrogens with zero attached hydrogens (tertiary/aromatic N) is 3. The van der Waals surface area contributed by atoms with Crippen molar-refractivity contribution in [1.29, 1.82) is 0 Å². The molecule has 0 bridgehead atoms. The summed E-state index contributed by atoms with van der Waals surface area (Å²) in [6.45, 7) is 4.10. The van der Waals surface area contributed by atoms with Gasteiger partial charge in [0.05, 0.1) is 27.9 Å². The van der Waals surface area contributed by atoms with E-state index in [1.165, 1.54) is 0 Å². The zero-order valence-corrected chi connectivity index (χ0v) is 14.4. The standard InChI is InChI=1S/C17H16ClN3OS/c1-3-14-21-15(12-7-10(2)6-11(8-12)9-22)16(23-14)13-4-5-19-17(18)20-13/h4-8,22H,3,9H2,1-2H3. The van der Waals surface area contributed by atoms with Crippen LogP contribution in [0.2, 0.25) is 5.28 Å². The van der Waals surface area contributed by atoms with Gasteiger partial charge in [0.2, 0.25) is 5.28 Å². The number of aryl methyl sites for hydroxylation is 2. The van der Waals surface area contributed by atoms with Crippen molar-refractivity contribution in [3.05, 3.63) is 51.9 Å². The Morgan fingerprint density at radius 1 is 1.22 bits per heavy atom. The molecule has 0 amide bonds. The summed E-state index contributed by atoms with van der Waals surface area (Å²) in [7, 11) is 0. The Hall–Kier alpha value is -1.82. The Balaban J connectivity index is 2.19. The summed E-state index contributed by atoms with van der Waals surface area (Å²) in [5.74, 6) is 0. The van der Waals surface area contributed by atoms with Crippen LogP contribution in [0.25, 0.3) is 21.8 Å². The molecule has 0 saturated heterocycles. The molecular formula is C17H16ClN3OS. The number of hydrogen-bond donors (Lipinski definition) is 1. The molecule has 3 rings (SSSR count). The van der Waals surface area contributed by atoms with E-state index in [2.05, 4.69) is 23.0 Å². The Kier molecular flexibility index (Phi) is 4.71. The maximum atomic E-state index is 9.45. The van der Waals surface area contributed by atoms with E-state index in [0.29, 0.717) is 0 Å². The van der Waals surface area contributed by atoms with Crippen LogP contribution in [-0.2, 0) is 13.0 Å². The highest BCUT2D eigenvalue weighted by Crippen LogP contribution is 2.37. The molecular weight excluding hydrogens is 330 g/mol. The number of aliphatic hydroxyl groups is 1. The molecule has 1 aromatic carbocycles. The van der Waals surface area contributed by atoms with Gasteiger partial charge in [0, 0.05) is 11.8 Å². The van der Waals surface area contributed by atoms with Crippen LogP contribution in [0.4, 0.5) is 0 Å². The van der Waals surface area contributed by atoms with E-state index < -0.39 is 0 Å². The molecule has 0 spiro atoms. The maximum absolute atomic E-state index is 9.45. The molecule has 0 saturated carbocycles. The summed E-state index contributed by atoms with van der Waals surface area (Å²) in [6, 6.07) is 7.84. The maximum Gasteiger partial charge on any atom is 0.222 e. The minimum atomic E-state index is 0.00806. The average molecular weight is 346 g/mol. The number of thiazole rings is 1. The van der Waals surface area contributed by atoms with E-state index in [0.717, 1.165) is 44.4 Å². The van der Waals surface area contributed by atoms with Gasteiger partial charge < -0.3 is 5.11 Å². The van der Waals surface area contributed by atoms with Gasteiger partial charge >= 0.3 is 0 Å². The predicted octanol–water partition coefficient (Wildman–Crippen LogP) is 4.28. The number of aromatic nitrogens is 3. The molecule has 2 heterocycles. The molecule has 0 unspecified atom stereocenters. The summed E-state index contributed by atoms with van der Waals surface area (Å²) in [4.78, 5) is 14.0. The molecule has 6 heteroatoms. The number of halogens is 1. The summed E-state index contributed by atoms with van der Waals surface area (Å²) >= 11 is 7.55. The molecule has 0 atom stereocenters. The van der Waals surface area contributed by atoms with Gasteiger partial charge in [-0.2, -0.15) is 0 Å². The summed E-state index contributed by atoms with van der Waals surface area (Å²) in [5, 5.41) is 10.7. The molecule has 23 heavy (non-hydrogen) atoms. The van der Waals surface area contributed by atoms with Crippen molar-refractivity contribution in [2.45, 2.75) is 26.9 Å². The molecule has 0 fully saturated rings. The van der Waals surface area contributed by atoms with Gasteiger partial charge in [0.25, 0.3) is 0 Å². The molecule has 2 aromatic heterocycles. The second-order valence-corrected chi connectivity index (χ2v) is 6.64. The van der Waals surface area contributed by atoms with Crippen LogP contribution < -0.4 is 0 Å². The van der Waals surface area contributed by atoms with Gasteiger partial charge in [-0.1, -0.05) is 18.6 Å². The number of benzene rings is 1. The van der Waals surface area contributed by atoms with Gasteiger partial charge in [0.1, 0.15) is 0 Å². The van der Waals surface area contributed by atoms with Crippen molar-refractivity contribution in [3.8, 4) is 21.8 Å². The monoisotopic (exact) mass is 345 g/mol. The summed E-state index contributed by atoms with van der Waals surface area (Å²) < 4.78 is 0. The van der Waals surface area contributed by atoms with E-state index in [-0.39, 0.29) is 11.9 Å². The lowest BCUT2D eigenvalue weighted by Crippen LogP contribution is -1.91. The smallest absolute Gasteiger partial charge is 0.222 e. The van der Waals surface area contributed by atoms with Crippen molar-refractivity contribution in [1.82, 2.24) is 15.0 Å². The van der Waals surface area contributed by atoms with Gasteiger partial charge in [-0.25, -0.2) is 15.0 Å². The lowest BCUT2D eigenvalue weighted by Gasteiger charge is -2.06. The van der Waals surface area contributed by atoms with E-state index in [1.54, 1.807) is 17.5 Å². The van der Waals surface area contributed by atoms with Gasteiger partial charge in [-0.3, -0.25) is 0 Å². The van der Waals surface area contributed by atoms with Gasteiger partial charge in [-0.05, 0) is 48.7 Å². The predicted molar refractivity (Wildman–Crippen MR) is 93.6 cm³/mol. The Labute approximate surface area is 143 Å². The quantitative estimate of drug-likeness (QED) is 0.717. The third kappa shape index (κ3) is 3.42.